The summed E-state index contributed by atoms with van der Waals surface area (Å²) in [6.45, 7) is 7.07. The topological polar surface area (TPSA) is 83.5 Å². The highest BCUT2D eigenvalue weighted by Gasteiger charge is 2.37. The van der Waals surface area contributed by atoms with Gasteiger partial charge in [-0.25, -0.2) is 0 Å². The smallest absolute Gasteiger partial charge is 0.309 e. The van der Waals surface area contributed by atoms with Crippen LogP contribution in [-0.4, -0.2) is 77.1 Å². The van der Waals surface area contributed by atoms with E-state index in [1.54, 1.807) is 0 Å². The van der Waals surface area contributed by atoms with Crippen LogP contribution in [0.4, 0.5) is 0 Å². The summed E-state index contributed by atoms with van der Waals surface area (Å²) in [4.78, 5) is 12.3. The molecule has 1 saturated heterocycles. The lowest BCUT2D eigenvalue weighted by atomic mass is 9.77. The Balaban J connectivity index is 2.46. The van der Waals surface area contributed by atoms with Gasteiger partial charge in [0.25, 0.3) is 0 Å². The lowest BCUT2D eigenvalue weighted by Gasteiger charge is -2.29. The molecule has 0 bridgehead atoms. The zero-order valence-corrected chi connectivity index (χ0v) is 19.7. The van der Waals surface area contributed by atoms with E-state index in [9.17, 15) is 9.90 Å². The second-order valence-electron chi connectivity index (χ2n) is 8.37. The molecule has 1 N–H and O–H groups in total. The Kier molecular flexibility index (Phi) is 18.2. The van der Waals surface area contributed by atoms with E-state index in [4.69, 9.17) is 23.7 Å². The highest BCUT2D eigenvalue weighted by Crippen LogP contribution is 2.34. The number of carboxylic acids is 1. The van der Waals surface area contributed by atoms with Crippen molar-refractivity contribution in [3.05, 3.63) is 0 Å². The normalized spacial score (nSPS) is 20.5. The summed E-state index contributed by atoms with van der Waals surface area (Å²) >= 11 is 0. The molecule has 7 heteroatoms. The number of hydrogen-bond donors (Lipinski definition) is 1. The summed E-state index contributed by atoms with van der Waals surface area (Å²) in [5.74, 6) is -0.735. The first-order valence-corrected chi connectivity index (χ1v) is 12.3. The molecule has 0 aromatic heterocycles. The van der Waals surface area contributed by atoms with Gasteiger partial charge >= 0.3 is 5.97 Å². The quantitative estimate of drug-likeness (QED) is 0.496. The summed E-state index contributed by atoms with van der Waals surface area (Å²) in [6, 6.07) is 0. The van der Waals surface area contributed by atoms with Crippen molar-refractivity contribution in [2.24, 2.45) is 5.41 Å². The van der Waals surface area contributed by atoms with E-state index in [1.807, 2.05) is 0 Å². The van der Waals surface area contributed by atoms with Gasteiger partial charge in [0.15, 0.2) is 0 Å². The first-order valence-electron chi connectivity index (χ1n) is 12.3. The molecule has 0 unspecified atom stereocenters. The lowest BCUT2D eigenvalue weighted by Crippen LogP contribution is -2.34. The molecule has 0 atom stereocenters. The highest BCUT2D eigenvalue weighted by molar-refractivity contribution is 5.74. The third kappa shape index (κ3) is 14.9. The Morgan fingerprint density at radius 2 is 0.968 bits per heavy atom. The van der Waals surface area contributed by atoms with Gasteiger partial charge in [-0.1, -0.05) is 58.3 Å². The molecule has 1 rings (SSSR count). The average Bonchev–Trinajstić information content (AvgIpc) is 2.76. The monoisotopic (exact) mass is 446 g/mol. The van der Waals surface area contributed by atoms with Gasteiger partial charge in [-0.3, -0.25) is 4.79 Å². The minimum absolute atomic E-state index is 0.423. The number of carbonyl (C=O) groups is 1. The predicted molar refractivity (Wildman–Crippen MR) is 121 cm³/mol. The van der Waals surface area contributed by atoms with Gasteiger partial charge < -0.3 is 28.8 Å². The van der Waals surface area contributed by atoms with E-state index in [0.717, 1.165) is 12.8 Å². The van der Waals surface area contributed by atoms with Crippen molar-refractivity contribution in [1.82, 2.24) is 0 Å². The molecule has 1 fully saturated rings. The number of aliphatic carboxylic acids is 1. The van der Waals surface area contributed by atoms with Gasteiger partial charge in [-0.15, -0.1) is 0 Å². The highest BCUT2D eigenvalue weighted by atomic mass is 16.6. The molecule has 7 nitrogen and oxygen atoms in total. The van der Waals surface area contributed by atoms with Crippen LogP contribution in [0.5, 0.6) is 0 Å². The molecular formula is C24H46O7. The Morgan fingerprint density at radius 3 is 1.35 bits per heavy atom. The maximum atomic E-state index is 12.3. The molecule has 1 heterocycles. The number of ether oxygens (including phenoxy) is 5. The van der Waals surface area contributed by atoms with Crippen LogP contribution in [0.3, 0.4) is 0 Å². The van der Waals surface area contributed by atoms with Gasteiger partial charge in [-0.2, -0.15) is 0 Å². The fourth-order valence-electron chi connectivity index (χ4n) is 3.81. The second-order valence-corrected chi connectivity index (χ2v) is 8.37. The Morgan fingerprint density at radius 1 is 0.613 bits per heavy atom. The molecule has 31 heavy (non-hydrogen) atoms. The molecular weight excluding hydrogens is 400 g/mol. The van der Waals surface area contributed by atoms with Crippen LogP contribution in [0.2, 0.25) is 0 Å². The Hall–Kier alpha value is -0.730. The Labute approximate surface area is 189 Å². The molecule has 184 valence electrons. The van der Waals surface area contributed by atoms with Crippen LogP contribution in [0.25, 0.3) is 0 Å². The van der Waals surface area contributed by atoms with Gasteiger partial charge in [0.2, 0.25) is 0 Å². The van der Waals surface area contributed by atoms with Crippen molar-refractivity contribution < 1.29 is 33.6 Å². The largest absolute Gasteiger partial charge is 0.481 e. The molecule has 0 aromatic rings. The maximum absolute atomic E-state index is 12.3. The minimum Gasteiger partial charge on any atom is -0.481 e. The summed E-state index contributed by atoms with van der Waals surface area (Å²) in [6.07, 6.45) is 11.3. The molecule has 0 aromatic carbocycles. The molecule has 1 aliphatic heterocycles. The first kappa shape index (κ1) is 28.3. The number of hydrogen-bond acceptors (Lipinski definition) is 6. The lowest BCUT2D eigenvalue weighted by molar-refractivity contribution is -0.152. The van der Waals surface area contributed by atoms with Gasteiger partial charge in [0.1, 0.15) is 0 Å². The van der Waals surface area contributed by atoms with Gasteiger partial charge in [0, 0.05) is 13.2 Å². The van der Waals surface area contributed by atoms with Gasteiger partial charge in [0.05, 0.1) is 58.3 Å². The first-order chi connectivity index (χ1) is 15.2. The zero-order chi connectivity index (χ0) is 22.5. The van der Waals surface area contributed by atoms with Crippen LogP contribution in [0.1, 0.15) is 77.6 Å². The van der Waals surface area contributed by atoms with E-state index in [0.29, 0.717) is 85.3 Å². The van der Waals surface area contributed by atoms with Crippen molar-refractivity contribution >= 4 is 5.97 Å². The molecule has 0 radical (unpaired) electrons. The van der Waals surface area contributed by atoms with E-state index >= 15 is 0 Å². The van der Waals surface area contributed by atoms with Crippen molar-refractivity contribution in [2.45, 2.75) is 77.6 Å². The van der Waals surface area contributed by atoms with Crippen LogP contribution >= 0.6 is 0 Å². The van der Waals surface area contributed by atoms with E-state index < -0.39 is 11.4 Å². The van der Waals surface area contributed by atoms with E-state index in [2.05, 4.69) is 6.92 Å². The second kappa shape index (κ2) is 19.9. The third-order valence-electron chi connectivity index (χ3n) is 5.90. The predicted octanol–water partition coefficient (Wildman–Crippen LogP) is 4.47. The average molecular weight is 447 g/mol. The molecule has 0 amide bonds. The number of rotatable bonds is 10. The zero-order valence-electron chi connectivity index (χ0n) is 19.7. The van der Waals surface area contributed by atoms with Crippen molar-refractivity contribution in [3.63, 3.8) is 0 Å². The Bertz CT molecular complexity index is 399. The van der Waals surface area contributed by atoms with Crippen LogP contribution in [0, 0.1) is 5.41 Å². The maximum Gasteiger partial charge on any atom is 0.309 e. The van der Waals surface area contributed by atoms with Crippen LogP contribution < -0.4 is 0 Å². The number of unbranched alkanes of at least 4 members (excludes halogenated alkanes) is 7. The fourth-order valence-corrected chi connectivity index (χ4v) is 3.81. The molecule has 0 saturated carbocycles. The van der Waals surface area contributed by atoms with Gasteiger partial charge in [-0.05, 0) is 19.3 Å². The van der Waals surface area contributed by atoms with Crippen LogP contribution in [0.15, 0.2) is 0 Å². The van der Waals surface area contributed by atoms with Crippen LogP contribution in [-0.2, 0) is 28.5 Å². The molecule has 1 aliphatic rings. The summed E-state index contributed by atoms with van der Waals surface area (Å²) < 4.78 is 27.7. The third-order valence-corrected chi connectivity index (χ3v) is 5.90. The summed E-state index contributed by atoms with van der Waals surface area (Å²) in [7, 11) is 0. The minimum atomic E-state index is -0.788. The SMILES string of the molecule is CCCCCCCCCCC1(C(=O)O)CCOCCOCCOCCOCCOCC1. The number of carboxylic acid groups (broad SMARTS) is 1. The molecule has 0 aliphatic carbocycles. The van der Waals surface area contributed by atoms with Crippen molar-refractivity contribution in [1.29, 1.82) is 0 Å². The van der Waals surface area contributed by atoms with Crippen molar-refractivity contribution in [2.75, 3.05) is 66.1 Å². The van der Waals surface area contributed by atoms with E-state index in [-0.39, 0.29) is 0 Å². The summed E-state index contributed by atoms with van der Waals surface area (Å²) in [5.41, 5.74) is -0.788. The molecule has 0 spiro atoms. The fraction of sp³-hybridized carbons (Fsp3) is 0.958. The summed E-state index contributed by atoms with van der Waals surface area (Å²) in [5, 5.41) is 10.1. The standard InChI is InChI=1S/C24H46O7/c1-2-3-4-5-6-7-8-9-10-24(23(25)26)11-13-27-15-17-29-19-21-31-22-20-30-18-16-28-14-12-24/h2-22H2,1H3,(H,25,26). The van der Waals surface area contributed by atoms with Crippen molar-refractivity contribution in [3.8, 4) is 0 Å². The van der Waals surface area contributed by atoms with E-state index in [1.165, 1.54) is 38.5 Å².